The number of nitrogens with zero attached hydrogens (tertiary/aromatic N) is 5. The Balaban J connectivity index is 1.87. The molecule has 0 spiro atoms. The van der Waals surface area contributed by atoms with Crippen LogP contribution in [0.3, 0.4) is 0 Å². The largest absolute Gasteiger partial charge is 0.394 e. The molecule has 0 saturated heterocycles. The number of quaternary nitrogens is 1. The Kier molecular flexibility index (Phi) is 4.33. The molecule has 0 aliphatic carbocycles. The van der Waals surface area contributed by atoms with Crippen LogP contribution in [0.1, 0.15) is 11.3 Å². The van der Waals surface area contributed by atoms with Crippen molar-refractivity contribution in [3.63, 3.8) is 0 Å². The van der Waals surface area contributed by atoms with E-state index < -0.39 is 0 Å². The van der Waals surface area contributed by atoms with Gasteiger partial charge in [-0.05, 0) is 0 Å². The van der Waals surface area contributed by atoms with E-state index in [0.29, 0.717) is 18.1 Å². The van der Waals surface area contributed by atoms with Gasteiger partial charge in [-0.1, -0.05) is 40.0 Å². The molecular formula is C14H17N6O2+. The van der Waals surface area contributed by atoms with Gasteiger partial charge >= 0.3 is 5.82 Å². The summed E-state index contributed by atoms with van der Waals surface area (Å²) in [4.78, 5) is 0. The van der Waals surface area contributed by atoms with Gasteiger partial charge in [0.1, 0.15) is 12.7 Å². The van der Waals surface area contributed by atoms with E-state index in [0.717, 1.165) is 5.56 Å². The first-order chi connectivity index (χ1) is 10.8. The lowest BCUT2D eigenvalue weighted by Crippen LogP contribution is -2.36. The normalized spacial score (nSPS) is 19.9. The van der Waals surface area contributed by atoms with Crippen LogP contribution in [0.15, 0.2) is 53.1 Å². The minimum atomic E-state index is -0.0309. The van der Waals surface area contributed by atoms with Gasteiger partial charge < -0.3 is 9.84 Å². The lowest BCUT2D eigenvalue weighted by Gasteiger charge is -2.21. The minimum absolute atomic E-state index is 0.0309. The van der Waals surface area contributed by atoms with E-state index in [1.54, 1.807) is 6.20 Å². The highest BCUT2D eigenvalue weighted by molar-refractivity contribution is 5.41. The molecule has 1 unspecified atom stereocenters. The number of aromatic amines is 1. The molecule has 2 aromatic rings. The quantitative estimate of drug-likeness (QED) is 0.600. The van der Waals surface area contributed by atoms with E-state index in [9.17, 15) is 0 Å². The predicted molar refractivity (Wildman–Crippen MR) is 79.1 cm³/mol. The molecule has 0 radical (unpaired) electrons. The molecule has 0 bridgehead atoms. The topological polar surface area (TPSA) is 95.8 Å². The molecule has 114 valence electrons. The van der Waals surface area contributed by atoms with Gasteiger partial charge in [-0.3, -0.25) is 0 Å². The van der Waals surface area contributed by atoms with Crippen molar-refractivity contribution in [2.75, 3.05) is 13.2 Å². The van der Waals surface area contributed by atoms with Crippen molar-refractivity contribution in [2.45, 2.75) is 13.2 Å². The van der Waals surface area contributed by atoms with Gasteiger partial charge in [0.05, 0.1) is 19.8 Å². The van der Waals surface area contributed by atoms with Gasteiger partial charge in [0, 0.05) is 10.8 Å². The maximum atomic E-state index is 8.80. The van der Waals surface area contributed by atoms with Crippen LogP contribution in [-0.4, -0.2) is 33.7 Å². The summed E-state index contributed by atoms with van der Waals surface area (Å²) in [5.74, 6) is 0.638. The Labute approximate surface area is 127 Å². The van der Waals surface area contributed by atoms with Crippen LogP contribution < -0.4 is 4.59 Å². The minimum Gasteiger partial charge on any atom is -0.394 e. The van der Waals surface area contributed by atoms with Crippen molar-refractivity contribution in [3.8, 4) is 0 Å². The molecule has 3 rings (SSSR count). The standard InChI is InChI=1S/C14H17N6O2/c21-8-9-22-11-13-14(17-18-16-13)20(7-6-15-19-20)10-12-4-2-1-3-5-12/h1-7,21H,8-11H2,(H,16,17,18)/q+1. The fourth-order valence-corrected chi connectivity index (χ4v) is 2.31. The molecule has 2 heterocycles. The van der Waals surface area contributed by atoms with Crippen LogP contribution >= 0.6 is 0 Å². The lowest BCUT2D eigenvalue weighted by molar-refractivity contribution is 0.0790. The first-order valence-electron chi connectivity index (χ1n) is 6.95. The number of aromatic nitrogens is 3. The maximum absolute atomic E-state index is 8.80. The van der Waals surface area contributed by atoms with Crippen molar-refractivity contribution in [1.82, 2.24) is 20.0 Å². The van der Waals surface area contributed by atoms with E-state index >= 15 is 0 Å². The lowest BCUT2D eigenvalue weighted by atomic mass is 10.2. The summed E-state index contributed by atoms with van der Waals surface area (Å²) in [6.07, 6.45) is 3.51. The third-order valence-electron chi connectivity index (χ3n) is 3.30. The number of benzene rings is 1. The molecule has 1 atom stereocenters. The van der Waals surface area contributed by atoms with Crippen molar-refractivity contribution >= 4 is 5.82 Å². The number of rotatable bonds is 7. The Morgan fingerprint density at radius 3 is 2.77 bits per heavy atom. The maximum Gasteiger partial charge on any atom is 0.305 e. The number of nitrogens with one attached hydrogen (secondary N) is 1. The molecule has 0 fully saturated rings. The number of H-pyrrole nitrogens is 1. The van der Waals surface area contributed by atoms with Crippen molar-refractivity contribution in [3.05, 3.63) is 54.0 Å². The first kappa shape index (κ1) is 14.5. The van der Waals surface area contributed by atoms with E-state index in [-0.39, 0.29) is 24.4 Å². The highest BCUT2D eigenvalue weighted by atomic mass is 16.5. The summed E-state index contributed by atoms with van der Waals surface area (Å²) < 4.78 is 5.45. The van der Waals surface area contributed by atoms with Crippen LogP contribution in [0.25, 0.3) is 0 Å². The number of aliphatic hydroxyl groups is 1. The summed E-state index contributed by atoms with van der Waals surface area (Å²) in [5, 5.41) is 28.1. The highest BCUT2D eigenvalue weighted by Gasteiger charge is 2.38. The number of hydrogen-bond donors (Lipinski definition) is 2. The number of ether oxygens (including phenoxy) is 1. The van der Waals surface area contributed by atoms with Crippen molar-refractivity contribution in [1.29, 1.82) is 0 Å². The third-order valence-corrected chi connectivity index (χ3v) is 3.30. The van der Waals surface area contributed by atoms with E-state index in [4.69, 9.17) is 9.84 Å². The summed E-state index contributed by atoms with van der Waals surface area (Å²) >= 11 is 0. The SMILES string of the molecule is OCCOCc1n[nH]nc1[N+]1(Cc2ccccc2)C=CN=N1. The smallest absolute Gasteiger partial charge is 0.305 e. The molecule has 22 heavy (non-hydrogen) atoms. The molecule has 1 aromatic carbocycles. The molecule has 1 aliphatic heterocycles. The van der Waals surface area contributed by atoms with Gasteiger partial charge in [0.2, 0.25) is 0 Å². The fourth-order valence-electron chi connectivity index (χ4n) is 2.31. The molecule has 0 amide bonds. The number of aliphatic hydroxyl groups excluding tert-OH is 1. The molecule has 8 heteroatoms. The Morgan fingerprint density at radius 1 is 1.18 bits per heavy atom. The highest BCUT2D eigenvalue weighted by Crippen LogP contribution is 2.31. The summed E-state index contributed by atoms with van der Waals surface area (Å²) in [5.41, 5.74) is 1.76. The van der Waals surface area contributed by atoms with Crippen LogP contribution in [0.2, 0.25) is 0 Å². The Morgan fingerprint density at radius 2 is 2.05 bits per heavy atom. The van der Waals surface area contributed by atoms with Gasteiger partial charge in [-0.25, -0.2) is 0 Å². The fraction of sp³-hybridized carbons (Fsp3) is 0.286. The molecule has 1 aromatic heterocycles. The van der Waals surface area contributed by atoms with Crippen LogP contribution in [0.5, 0.6) is 0 Å². The van der Waals surface area contributed by atoms with Gasteiger partial charge in [-0.2, -0.15) is 10.3 Å². The zero-order chi connectivity index (χ0) is 15.3. The van der Waals surface area contributed by atoms with Gasteiger partial charge in [0.15, 0.2) is 11.9 Å². The molecule has 8 nitrogen and oxygen atoms in total. The van der Waals surface area contributed by atoms with E-state index in [2.05, 4.69) is 25.7 Å². The zero-order valence-corrected chi connectivity index (χ0v) is 12.0. The average Bonchev–Trinajstić information content (AvgIpc) is 3.19. The Bertz CT molecular complexity index is 655. The molecular weight excluding hydrogens is 284 g/mol. The first-order valence-corrected chi connectivity index (χ1v) is 6.95. The molecule has 1 aliphatic rings. The van der Waals surface area contributed by atoms with Gasteiger partial charge in [0.25, 0.3) is 0 Å². The van der Waals surface area contributed by atoms with E-state index in [1.165, 1.54) is 0 Å². The van der Waals surface area contributed by atoms with Crippen molar-refractivity contribution in [2.24, 2.45) is 10.3 Å². The second kappa shape index (κ2) is 6.56. The summed E-state index contributed by atoms with van der Waals surface area (Å²) in [6.45, 7) is 1.06. The Hall–Kier alpha value is -2.42. The van der Waals surface area contributed by atoms with Crippen LogP contribution in [0.4, 0.5) is 5.82 Å². The van der Waals surface area contributed by atoms with E-state index in [1.807, 2.05) is 36.5 Å². The zero-order valence-electron chi connectivity index (χ0n) is 12.0. The average molecular weight is 301 g/mol. The van der Waals surface area contributed by atoms with Gasteiger partial charge in [-0.15, -0.1) is 5.11 Å². The summed E-state index contributed by atoms with van der Waals surface area (Å²) in [7, 11) is 0. The molecule has 2 N–H and O–H groups in total. The predicted octanol–water partition coefficient (Wildman–Crippen LogP) is 1.67. The monoisotopic (exact) mass is 301 g/mol. The number of hydrogen-bond acceptors (Lipinski definition) is 6. The van der Waals surface area contributed by atoms with Crippen LogP contribution in [-0.2, 0) is 17.9 Å². The van der Waals surface area contributed by atoms with Crippen molar-refractivity contribution < 1.29 is 9.84 Å². The summed E-state index contributed by atoms with van der Waals surface area (Å²) in [6, 6.07) is 10.0. The second-order valence-electron chi connectivity index (χ2n) is 4.84. The second-order valence-corrected chi connectivity index (χ2v) is 4.84. The van der Waals surface area contributed by atoms with Crippen LogP contribution in [0, 0.1) is 0 Å². The molecule has 0 saturated carbocycles. The third kappa shape index (κ3) is 2.93.